The number of thiophene rings is 1. The van der Waals surface area contributed by atoms with Crippen molar-refractivity contribution in [3.63, 3.8) is 0 Å². The van der Waals surface area contributed by atoms with Gasteiger partial charge in [0.15, 0.2) is 0 Å². The van der Waals surface area contributed by atoms with Crippen LogP contribution in [0, 0.1) is 12.3 Å². The van der Waals surface area contributed by atoms with Crippen molar-refractivity contribution in [2.75, 3.05) is 18.9 Å². The molecule has 0 bridgehead atoms. The number of aryl methyl sites for hydroxylation is 1. The first kappa shape index (κ1) is 14.0. The number of hydrogen-bond acceptors (Lipinski definition) is 4. The Bertz CT molecular complexity index is 380. The Morgan fingerprint density at radius 3 is 2.71 bits per heavy atom. The van der Waals surface area contributed by atoms with Gasteiger partial charge in [-0.15, -0.1) is 11.3 Å². The third kappa shape index (κ3) is 4.02. The minimum atomic E-state index is -0.0965. The highest BCUT2D eigenvalue weighted by Gasteiger charge is 2.19. The largest absolute Gasteiger partial charge is 0.398 e. The predicted molar refractivity (Wildman–Crippen MR) is 71.3 cm³/mol. The number of nitrogens with two attached hydrogens (primary N) is 1. The number of carbonyl (C=O) groups is 1. The summed E-state index contributed by atoms with van der Waals surface area (Å²) < 4.78 is 0. The number of aliphatic hydroxyl groups is 1. The summed E-state index contributed by atoms with van der Waals surface area (Å²) in [4.78, 5) is 13.4. The van der Waals surface area contributed by atoms with Gasteiger partial charge in [-0.05, 0) is 24.8 Å². The van der Waals surface area contributed by atoms with Crippen LogP contribution in [0.15, 0.2) is 6.07 Å². The summed E-state index contributed by atoms with van der Waals surface area (Å²) in [6, 6.07) is 1.70. The second-order valence-electron chi connectivity index (χ2n) is 4.94. The van der Waals surface area contributed by atoms with E-state index in [0.717, 1.165) is 4.88 Å². The summed E-state index contributed by atoms with van der Waals surface area (Å²) in [6.45, 7) is 6.60. The summed E-state index contributed by atoms with van der Waals surface area (Å²) in [5.74, 6) is -0.0965. The molecule has 0 aliphatic rings. The van der Waals surface area contributed by atoms with Gasteiger partial charge in [0.2, 0.25) is 0 Å². The molecule has 96 valence electrons. The number of anilines is 1. The molecule has 0 aromatic carbocycles. The van der Waals surface area contributed by atoms with Gasteiger partial charge in [0.1, 0.15) is 0 Å². The molecule has 0 aliphatic heterocycles. The lowest BCUT2D eigenvalue weighted by molar-refractivity contribution is 0.0932. The Balaban J connectivity index is 2.56. The monoisotopic (exact) mass is 256 g/mol. The number of aliphatic hydroxyl groups excluding tert-OH is 1. The van der Waals surface area contributed by atoms with Crippen LogP contribution >= 0.6 is 11.3 Å². The number of rotatable bonds is 5. The van der Waals surface area contributed by atoms with Gasteiger partial charge in [0.05, 0.1) is 4.88 Å². The fourth-order valence-electron chi connectivity index (χ4n) is 1.41. The summed E-state index contributed by atoms with van der Waals surface area (Å²) in [6.07, 6.45) is 0.666. The number of carbonyl (C=O) groups excluding carboxylic acids is 1. The maximum atomic E-state index is 11.8. The zero-order valence-electron chi connectivity index (χ0n) is 10.5. The lowest BCUT2D eigenvalue weighted by Crippen LogP contribution is -2.34. The van der Waals surface area contributed by atoms with Crippen molar-refractivity contribution in [2.45, 2.75) is 27.2 Å². The SMILES string of the molecule is Cc1sc(C(=O)NCC(C)(C)CCO)cc1N. The molecule has 1 amide bonds. The van der Waals surface area contributed by atoms with Gasteiger partial charge in [0, 0.05) is 23.7 Å². The van der Waals surface area contributed by atoms with Crippen LogP contribution in [0.1, 0.15) is 34.8 Å². The third-order valence-corrected chi connectivity index (χ3v) is 3.76. The van der Waals surface area contributed by atoms with Gasteiger partial charge in [-0.1, -0.05) is 13.8 Å². The Hall–Kier alpha value is -1.07. The maximum Gasteiger partial charge on any atom is 0.261 e. The summed E-state index contributed by atoms with van der Waals surface area (Å²) >= 11 is 1.40. The number of hydrogen-bond donors (Lipinski definition) is 3. The Labute approximate surface area is 106 Å². The molecular formula is C12H20N2O2S. The van der Waals surface area contributed by atoms with Gasteiger partial charge in [-0.25, -0.2) is 0 Å². The molecule has 4 N–H and O–H groups in total. The third-order valence-electron chi connectivity index (χ3n) is 2.70. The fraction of sp³-hybridized carbons (Fsp3) is 0.583. The molecule has 4 nitrogen and oxygen atoms in total. The van der Waals surface area contributed by atoms with Gasteiger partial charge in [-0.2, -0.15) is 0 Å². The highest BCUT2D eigenvalue weighted by Crippen LogP contribution is 2.24. The van der Waals surface area contributed by atoms with Crippen LogP contribution in [0.4, 0.5) is 5.69 Å². The molecule has 0 aliphatic carbocycles. The van der Waals surface area contributed by atoms with E-state index in [9.17, 15) is 4.79 Å². The molecule has 17 heavy (non-hydrogen) atoms. The second-order valence-corrected chi connectivity index (χ2v) is 6.20. The van der Waals surface area contributed by atoms with Gasteiger partial charge < -0.3 is 16.2 Å². The normalized spacial score (nSPS) is 11.5. The quantitative estimate of drug-likeness (QED) is 0.751. The molecule has 1 aromatic rings. The van der Waals surface area contributed by atoms with Crippen molar-refractivity contribution in [3.8, 4) is 0 Å². The molecule has 0 atom stereocenters. The molecule has 0 radical (unpaired) electrons. The van der Waals surface area contributed by atoms with Crippen LogP contribution < -0.4 is 11.1 Å². The zero-order chi connectivity index (χ0) is 13.1. The van der Waals surface area contributed by atoms with E-state index < -0.39 is 0 Å². The number of nitrogens with one attached hydrogen (secondary N) is 1. The van der Waals surface area contributed by atoms with Crippen LogP contribution in [-0.2, 0) is 0 Å². The van der Waals surface area contributed by atoms with E-state index in [2.05, 4.69) is 5.32 Å². The molecule has 0 spiro atoms. The molecule has 0 saturated heterocycles. The first-order valence-corrected chi connectivity index (χ1v) is 6.42. The predicted octanol–water partition coefficient (Wildman–Crippen LogP) is 1.78. The molecular weight excluding hydrogens is 236 g/mol. The van der Waals surface area contributed by atoms with Crippen LogP contribution in [0.3, 0.4) is 0 Å². The zero-order valence-corrected chi connectivity index (χ0v) is 11.4. The van der Waals surface area contributed by atoms with E-state index in [1.54, 1.807) is 6.07 Å². The first-order valence-electron chi connectivity index (χ1n) is 5.61. The van der Waals surface area contributed by atoms with E-state index in [1.807, 2.05) is 20.8 Å². The second kappa shape index (κ2) is 5.51. The van der Waals surface area contributed by atoms with E-state index >= 15 is 0 Å². The summed E-state index contributed by atoms with van der Waals surface area (Å²) in [7, 11) is 0. The van der Waals surface area contributed by atoms with Crippen LogP contribution in [-0.4, -0.2) is 24.2 Å². The highest BCUT2D eigenvalue weighted by molar-refractivity contribution is 7.14. The molecule has 0 saturated carbocycles. The minimum Gasteiger partial charge on any atom is -0.398 e. The molecule has 0 fully saturated rings. The Kier molecular flexibility index (Phi) is 4.54. The summed E-state index contributed by atoms with van der Waals surface area (Å²) in [5.41, 5.74) is 6.27. The number of amides is 1. The molecule has 1 rings (SSSR count). The average molecular weight is 256 g/mol. The van der Waals surface area contributed by atoms with Crippen molar-refractivity contribution in [1.29, 1.82) is 0 Å². The van der Waals surface area contributed by atoms with Crippen molar-refractivity contribution >= 4 is 22.9 Å². The van der Waals surface area contributed by atoms with E-state index in [0.29, 0.717) is 23.5 Å². The fourth-order valence-corrected chi connectivity index (χ4v) is 2.26. The number of nitrogen functional groups attached to an aromatic ring is 1. The van der Waals surface area contributed by atoms with Crippen LogP contribution in [0.25, 0.3) is 0 Å². The Morgan fingerprint density at radius 1 is 1.59 bits per heavy atom. The van der Waals surface area contributed by atoms with Crippen molar-refractivity contribution in [2.24, 2.45) is 5.41 Å². The van der Waals surface area contributed by atoms with Crippen molar-refractivity contribution in [1.82, 2.24) is 5.32 Å². The standard InChI is InChI=1S/C12H20N2O2S/c1-8-9(13)6-10(17-8)11(16)14-7-12(2,3)4-5-15/h6,15H,4-5,7,13H2,1-3H3,(H,14,16). The van der Waals surface area contributed by atoms with E-state index in [4.69, 9.17) is 10.8 Å². The van der Waals surface area contributed by atoms with Crippen molar-refractivity contribution in [3.05, 3.63) is 15.8 Å². The average Bonchev–Trinajstić information content (AvgIpc) is 2.56. The van der Waals surface area contributed by atoms with E-state index in [1.165, 1.54) is 11.3 Å². The van der Waals surface area contributed by atoms with Crippen LogP contribution in [0.2, 0.25) is 0 Å². The molecule has 1 aromatic heterocycles. The smallest absolute Gasteiger partial charge is 0.261 e. The Morgan fingerprint density at radius 2 is 2.24 bits per heavy atom. The van der Waals surface area contributed by atoms with Gasteiger partial charge in [0.25, 0.3) is 5.91 Å². The van der Waals surface area contributed by atoms with Gasteiger partial charge in [-0.3, -0.25) is 4.79 Å². The highest BCUT2D eigenvalue weighted by atomic mass is 32.1. The van der Waals surface area contributed by atoms with E-state index in [-0.39, 0.29) is 17.9 Å². The van der Waals surface area contributed by atoms with Crippen LogP contribution in [0.5, 0.6) is 0 Å². The molecule has 0 unspecified atom stereocenters. The van der Waals surface area contributed by atoms with Crippen molar-refractivity contribution < 1.29 is 9.90 Å². The van der Waals surface area contributed by atoms with Gasteiger partial charge >= 0.3 is 0 Å². The molecule has 1 heterocycles. The lowest BCUT2D eigenvalue weighted by atomic mass is 9.90. The lowest BCUT2D eigenvalue weighted by Gasteiger charge is -2.23. The summed E-state index contributed by atoms with van der Waals surface area (Å²) in [5, 5.41) is 11.8. The minimum absolute atomic E-state index is 0.0950. The maximum absolute atomic E-state index is 11.8. The topological polar surface area (TPSA) is 75.3 Å². The molecule has 5 heteroatoms. The first-order chi connectivity index (χ1) is 7.85.